The molecule has 0 saturated carbocycles. The second-order valence-corrected chi connectivity index (χ2v) is 3.98. The smallest absolute Gasteiger partial charge is 0.242 e. The summed E-state index contributed by atoms with van der Waals surface area (Å²) < 4.78 is 0. The van der Waals surface area contributed by atoms with Crippen LogP contribution in [0.15, 0.2) is 12.4 Å². The first-order valence-electron chi connectivity index (χ1n) is 5.74. The van der Waals surface area contributed by atoms with Gasteiger partial charge in [-0.1, -0.05) is 0 Å². The molecular formula is C11H17N5O. The summed E-state index contributed by atoms with van der Waals surface area (Å²) in [5.74, 6) is 1.51. The zero-order valence-electron chi connectivity index (χ0n) is 10.1. The second-order valence-electron chi connectivity index (χ2n) is 3.98. The van der Waals surface area contributed by atoms with Crippen molar-refractivity contribution >= 4 is 17.5 Å². The average molecular weight is 235 g/mol. The molecule has 1 saturated heterocycles. The van der Waals surface area contributed by atoms with Gasteiger partial charge in [-0.15, -0.1) is 0 Å². The first kappa shape index (κ1) is 11.6. The van der Waals surface area contributed by atoms with Crippen LogP contribution >= 0.6 is 0 Å². The van der Waals surface area contributed by atoms with E-state index in [-0.39, 0.29) is 11.9 Å². The molecule has 2 N–H and O–H groups in total. The minimum absolute atomic E-state index is 0.0409. The van der Waals surface area contributed by atoms with Crippen LogP contribution in [0.3, 0.4) is 0 Å². The van der Waals surface area contributed by atoms with Gasteiger partial charge in [-0.05, 0) is 12.8 Å². The summed E-state index contributed by atoms with van der Waals surface area (Å²) in [6.45, 7) is 0.847. The summed E-state index contributed by atoms with van der Waals surface area (Å²) in [6, 6.07) is -0.124. The lowest BCUT2D eigenvalue weighted by Gasteiger charge is -2.24. The third-order valence-electron chi connectivity index (χ3n) is 2.97. The lowest BCUT2D eigenvalue weighted by molar-refractivity contribution is -0.121. The Morgan fingerprint density at radius 3 is 3.00 bits per heavy atom. The molecule has 6 heteroatoms. The van der Waals surface area contributed by atoms with Gasteiger partial charge in [0.15, 0.2) is 0 Å². The summed E-state index contributed by atoms with van der Waals surface area (Å²) in [4.78, 5) is 22.3. The molecule has 1 aliphatic heterocycles. The van der Waals surface area contributed by atoms with E-state index in [2.05, 4.69) is 20.6 Å². The van der Waals surface area contributed by atoms with Crippen LogP contribution in [0, 0.1) is 0 Å². The lowest BCUT2D eigenvalue weighted by Crippen LogP contribution is -2.42. The van der Waals surface area contributed by atoms with Crippen LogP contribution in [0.1, 0.15) is 12.8 Å². The molecule has 1 aromatic heterocycles. The van der Waals surface area contributed by atoms with Crippen molar-refractivity contribution in [2.24, 2.45) is 0 Å². The molecule has 1 aliphatic rings. The molecule has 2 rings (SSSR count). The highest BCUT2D eigenvalue weighted by molar-refractivity contribution is 5.85. The van der Waals surface area contributed by atoms with Gasteiger partial charge < -0.3 is 15.5 Å². The number of amides is 1. The summed E-state index contributed by atoms with van der Waals surface area (Å²) >= 11 is 0. The van der Waals surface area contributed by atoms with E-state index in [0.29, 0.717) is 5.82 Å². The Balaban J connectivity index is 2.22. The molecule has 0 aromatic carbocycles. The van der Waals surface area contributed by atoms with Crippen LogP contribution < -0.4 is 15.5 Å². The molecular weight excluding hydrogens is 218 g/mol. The molecule has 0 radical (unpaired) electrons. The lowest BCUT2D eigenvalue weighted by atomic mass is 10.2. The molecule has 6 nitrogen and oxygen atoms in total. The number of carbonyl (C=O) groups excluding carboxylic acids is 1. The molecule has 0 bridgehead atoms. The van der Waals surface area contributed by atoms with E-state index >= 15 is 0 Å². The molecule has 1 unspecified atom stereocenters. The first-order chi connectivity index (χ1) is 8.26. The van der Waals surface area contributed by atoms with Gasteiger partial charge >= 0.3 is 0 Å². The van der Waals surface area contributed by atoms with E-state index in [9.17, 15) is 4.79 Å². The van der Waals surface area contributed by atoms with Gasteiger partial charge in [0.25, 0.3) is 0 Å². The Labute approximate surface area is 100 Å². The maximum atomic E-state index is 11.7. The van der Waals surface area contributed by atoms with Gasteiger partial charge in [-0.2, -0.15) is 0 Å². The number of anilines is 2. The summed E-state index contributed by atoms with van der Waals surface area (Å²) in [5.41, 5.74) is 0. The number of hydrogen-bond donors (Lipinski definition) is 2. The number of hydrogen-bond acceptors (Lipinski definition) is 5. The van der Waals surface area contributed by atoms with Crippen molar-refractivity contribution in [1.29, 1.82) is 0 Å². The maximum Gasteiger partial charge on any atom is 0.242 e. The zero-order chi connectivity index (χ0) is 12.3. The van der Waals surface area contributed by atoms with E-state index in [1.807, 2.05) is 4.90 Å². The summed E-state index contributed by atoms with van der Waals surface area (Å²) in [7, 11) is 3.46. The quantitative estimate of drug-likeness (QED) is 0.785. The minimum atomic E-state index is -0.124. The largest absolute Gasteiger partial charge is 0.372 e. The van der Waals surface area contributed by atoms with Gasteiger partial charge in [0.2, 0.25) is 5.91 Å². The van der Waals surface area contributed by atoms with Gasteiger partial charge in [-0.3, -0.25) is 9.78 Å². The Morgan fingerprint density at radius 1 is 1.47 bits per heavy atom. The molecule has 0 spiro atoms. The fourth-order valence-electron chi connectivity index (χ4n) is 2.09. The normalized spacial score (nSPS) is 19.2. The van der Waals surface area contributed by atoms with E-state index in [0.717, 1.165) is 25.2 Å². The second kappa shape index (κ2) is 4.99. The van der Waals surface area contributed by atoms with Crippen LogP contribution in [0.4, 0.5) is 11.6 Å². The molecule has 17 heavy (non-hydrogen) atoms. The van der Waals surface area contributed by atoms with Gasteiger partial charge in [0.05, 0.1) is 12.4 Å². The van der Waals surface area contributed by atoms with Crippen molar-refractivity contribution in [3.8, 4) is 0 Å². The fourth-order valence-corrected chi connectivity index (χ4v) is 2.09. The topological polar surface area (TPSA) is 70.2 Å². The predicted octanol–water partition coefficient (Wildman–Crippen LogP) is 0.233. The summed E-state index contributed by atoms with van der Waals surface area (Å²) in [5, 5.41) is 5.64. The highest BCUT2D eigenvalue weighted by Gasteiger charge is 2.31. The minimum Gasteiger partial charge on any atom is -0.372 e. The Hall–Kier alpha value is -1.85. The average Bonchev–Trinajstić information content (AvgIpc) is 2.87. The van der Waals surface area contributed by atoms with E-state index < -0.39 is 0 Å². The van der Waals surface area contributed by atoms with Gasteiger partial charge in [0.1, 0.15) is 17.7 Å². The monoisotopic (exact) mass is 235 g/mol. The number of likely N-dealkylation sites (N-methyl/N-ethyl adjacent to an activating group) is 1. The van der Waals surface area contributed by atoms with Crippen LogP contribution in [0.2, 0.25) is 0 Å². The first-order valence-corrected chi connectivity index (χ1v) is 5.74. The molecule has 1 aromatic rings. The SMILES string of the molecule is CNC(=O)C1CCCN1c1cncc(NC)n1. The third kappa shape index (κ3) is 2.30. The maximum absolute atomic E-state index is 11.7. The van der Waals surface area contributed by atoms with Crippen molar-refractivity contribution in [2.45, 2.75) is 18.9 Å². The number of nitrogens with one attached hydrogen (secondary N) is 2. The van der Waals surface area contributed by atoms with Crippen molar-refractivity contribution in [2.75, 3.05) is 30.9 Å². The van der Waals surface area contributed by atoms with Crippen molar-refractivity contribution < 1.29 is 4.79 Å². The molecule has 1 fully saturated rings. The molecule has 1 atom stereocenters. The highest BCUT2D eigenvalue weighted by Crippen LogP contribution is 2.24. The summed E-state index contributed by atoms with van der Waals surface area (Å²) in [6.07, 6.45) is 5.23. The van der Waals surface area contributed by atoms with Crippen LogP contribution in [0.25, 0.3) is 0 Å². The number of nitrogens with zero attached hydrogens (tertiary/aromatic N) is 3. The molecule has 92 valence electrons. The Bertz CT molecular complexity index is 409. The Morgan fingerprint density at radius 2 is 2.29 bits per heavy atom. The standard InChI is InChI=1S/C11H17N5O/c1-12-9-6-14-7-10(15-9)16-5-3-4-8(16)11(17)13-2/h6-8H,3-5H2,1-2H3,(H,12,15)(H,13,17). The molecule has 1 amide bonds. The van der Waals surface area contributed by atoms with E-state index in [4.69, 9.17) is 0 Å². The van der Waals surface area contributed by atoms with Crippen molar-refractivity contribution in [1.82, 2.24) is 15.3 Å². The Kier molecular flexibility index (Phi) is 3.41. The van der Waals surface area contributed by atoms with Crippen LogP contribution in [0.5, 0.6) is 0 Å². The van der Waals surface area contributed by atoms with Crippen molar-refractivity contribution in [3.63, 3.8) is 0 Å². The highest BCUT2D eigenvalue weighted by atomic mass is 16.2. The zero-order valence-corrected chi connectivity index (χ0v) is 10.1. The van der Waals surface area contributed by atoms with Gasteiger partial charge in [0, 0.05) is 20.6 Å². The molecule has 2 heterocycles. The number of carbonyl (C=O) groups is 1. The number of rotatable bonds is 3. The predicted molar refractivity (Wildman–Crippen MR) is 66.0 cm³/mol. The van der Waals surface area contributed by atoms with E-state index in [1.165, 1.54) is 0 Å². The fraction of sp³-hybridized carbons (Fsp3) is 0.545. The van der Waals surface area contributed by atoms with Crippen LogP contribution in [-0.2, 0) is 4.79 Å². The third-order valence-corrected chi connectivity index (χ3v) is 2.97. The molecule has 0 aliphatic carbocycles. The van der Waals surface area contributed by atoms with Crippen molar-refractivity contribution in [3.05, 3.63) is 12.4 Å². The van der Waals surface area contributed by atoms with E-state index in [1.54, 1.807) is 26.5 Å². The van der Waals surface area contributed by atoms with Crippen LogP contribution in [-0.4, -0.2) is 42.6 Å². The number of aromatic nitrogens is 2. The van der Waals surface area contributed by atoms with Gasteiger partial charge in [-0.25, -0.2) is 4.98 Å².